The maximum absolute atomic E-state index is 11.1. The van der Waals surface area contributed by atoms with E-state index in [0.29, 0.717) is 19.1 Å². The summed E-state index contributed by atoms with van der Waals surface area (Å²) in [4.78, 5) is 4.04. The Hall–Kier alpha value is -0.820. The first-order valence-electron chi connectivity index (χ1n) is 5.52. The van der Waals surface area contributed by atoms with Crippen molar-refractivity contribution >= 4 is 16.0 Å². The Morgan fingerprint density at radius 3 is 2.56 bits per heavy atom. The number of nitrogens with zero attached hydrogens (tertiary/aromatic N) is 1. The van der Waals surface area contributed by atoms with Crippen molar-refractivity contribution in [3.05, 3.63) is 0 Å². The molecule has 0 spiro atoms. The molecule has 1 saturated carbocycles. The van der Waals surface area contributed by atoms with Gasteiger partial charge < -0.3 is 10.6 Å². The lowest BCUT2D eigenvalue weighted by atomic mass is 10.6. The van der Waals surface area contributed by atoms with Crippen LogP contribution >= 0.6 is 0 Å². The lowest BCUT2D eigenvalue weighted by Crippen LogP contribution is -2.42. The van der Waals surface area contributed by atoms with Crippen LogP contribution < -0.4 is 15.4 Å². The molecule has 0 amide bonds. The van der Waals surface area contributed by atoms with E-state index < -0.39 is 10.0 Å². The first kappa shape index (κ1) is 13.2. The summed E-state index contributed by atoms with van der Waals surface area (Å²) in [5.74, 6) is 0.848. The van der Waals surface area contributed by atoms with Crippen molar-refractivity contribution in [3.8, 4) is 0 Å². The highest BCUT2D eigenvalue weighted by Crippen LogP contribution is 2.18. The van der Waals surface area contributed by atoms with Crippen LogP contribution in [0.3, 0.4) is 0 Å². The zero-order chi connectivity index (χ0) is 12.0. The van der Waals surface area contributed by atoms with Crippen molar-refractivity contribution in [2.45, 2.75) is 25.8 Å². The third kappa shape index (κ3) is 5.32. The van der Waals surface area contributed by atoms with E-state index in [2.05, 4.69) is 20.3 Å². The van der Waals surface area contributed by atoms with Crippen LogP contribution in [-0.4, -0.2) is 46.3 Å². The Morgan fingerprint density at radius 1 is 1.38 bits per heavy atom. The molecule has 0 aliphatic heterocycles. The molecular weight excluding hydrogens is 228 g/mol. The van der Waals surface area contributed by atoms with Gasteiger partial charge in [0.2, 0.25) is 10.0 Å². The van der Waals surface area contributed by atoms with Gasteiger partial charge in [-0.25, -0.2) is 13.1 Å². The van der Waals surface area contributed by atoms with Crippen LogP contribution in [0.4, 0.5) is 0 Å². The quantitative estimate of drug-likeness (QED) is 0.328. The van der Waals surface area contributed by atoms with Crippen LogP contribution in [0.2, 0.25) is 0 Å². The van der Waals surface area contributed by atoms with E-state index in [1.807, 2.05) is 0 Å². The van der Waals surface area contributed by atoms with Gasteiger partial charge in [-0.1, -0.05) is 0 Å². The summed E-state index contributed by atoms with van der Waals surface area (Å²) in [6, 6.07) is 0.540. The predicted molar refractivity (Wildman–Crippen MR) is 65.0 cm³/mol. The van der Waals surface area contributed by atoms with Gasteiger partial charge in [0.1, 0.15) is 0 Å². The molecule has 0 bridgehead atoms. The molecule has 0 aromatic carbocycles. The molecule has 0 aromatic rings. The molecule has 1 aliphatic rings. The van der Waals surface area contributed by atoms with Crippen molar-refractivity contribution in [1.82, 2.24) is 15.4 Å². The molecule has 7 heteroatoms. The largest absolute Gasteiger partial charge is 0.355 e. The molecule has 1 rings (SSSR count). The highest BCUT2D eigenvalue weighted by Gasteiger charge is 2.21. The number of hydrogen-bond acceptors (Lipinski definition) is 3. The maximum atomic E-state index is 11.1. The SMILES string of the molecule is CCS(=O)(=O)NCCNC(=NC)NC1CC1. The zero-order valence-electron chi connectivity index (χ0n) is 9.78. The number of sulfonamides is 1. The summed E-state index contributed by atoms with van der Waals surface area (Å²) in [5.41, 5.74) is 0. The van der Waals surface area contributed by atoms with Gasteiger partial charge in [0, 0.05) is 26.2 Å². The van der Waals surface area contributed by atoms with Gasteiger partial charge in [0.25, 0.3) is 0 Å². The lowest BCUT2D eigenvalue weighted by Gasteiger charge is -2.11. The Bertz CT molecular complexity index is 335. The Kier molecular flexibility index (Phi) is 5.01. The zero-order valence-corrected chi connectivity index (χ0v) is 10.6. The second kappa shape index (κ2) is 6.05. The topological polar surface area (TPSA) is 82.6 Å². The Morgan fingerprint density at radius 2 is 2.06 bits per heavy atom. The fourth-order valence-electron chi connectivity index (χ4n) is 1.11. The monoisotopic (exact) mass is 248 g/mol. The van der Waals surface area contributed by atoms with Gasteiger partial charge in [-0.2, -0.15) is 0 Å². The van der Waals surface area contributed by atoms with E-state index in [0.717, 1.165) is 5.96 Å². The van der Waals surface area contributed by atoms with Crippen LogP contribution in [0.1, 0.15) is 19.8 Å². The van der Waals surface area contributed by atoms with E-state index in [1.165, 1.54) is 12.8 Å². The summed E-state index contributed by atoms with van der Waals surface area (Å²) >= 11 is 0. The summed E-state index contributed by atoms with van der Waals surface area (Å²) in [5, 5.41) is 6.26. The summed E-state index contributed by atoms with van der Waals surface area (Å²) in [6.45, 7) is 2.52. The standard InChI is InChI=1S/C9H20N4O2S/c1-3-16(14,15)12-7-6-11-9(10-2)13-8-4-5-8/h8,12H,3-7H2,1-2H3,(H2,10,11,13). The van der Waals surface area contributed by atoms with Gasteiger partial charge in [0.15, 0.2) is 5.96 Å². The second-order valence-corrected chi connectivity index (χ2v) is 5.81. The number of rotatable bonds is 6. The van der Waals surface area contributed by atoms with Gasteiger partial charge >= 0.3 is 0 Å². The Balaban J connectivity index is 2.13. The minimum Gasteiger partial charge on any atom is -0.355 e. The average molecular weight is 248 g/mol. The van der Waals surface area contributed by atoms with E-state index in [-0.39, 0.29) is 5.75 Å². The van der Waals surface area contributed by atoms with E-state index in [4.69, 9.17) is 0 Å². The van der Waals surface area contributed by atoms with E-state index in [1.54, 1.807) is 14.0 Å². The normalized spacial score (nSPS) is 17.2. The third-order valence-electron chi connectivity index (χ3n) is 2.26. The molecule has 0 saturated heterocycles. The first-order chi connectivity index (χ1) is 7.57. The minimum absolute atomic E-state index is 0.113. The van der Waals surface area contributed by atoms with Crippen molar-refractivity contribution in [2.75, 3.05) is 25.9 Å². The van der Waals surface area contributed by atoms with Gasteiger partial charge in [-0.15, -0.1) is 0 Å². The average Bonchev–Trinajstić information content (AvgIpc) is 3.06. The number of hydrogen-bond donors (Lipinski definition) is 3. The summed E-state index contributed by atoms with van der Waals surface area (Å²) in [7, 11) is -1.38. The molecule has 0 heterocycles. The molecular formula is C9H20N4O2S. The highest BCUT2D eigenvalue weighted by molar-refractivity contribution is 7.89. The van der Waals surface area contributed by atoms with Gasteiger partial charge in [-0.3, -0.25) is 4.99 Å². The van der Waals surface area contributed by atoms with E-state index in [9.17, 15) is 8.42 Å². The molecule has 0 atom stereocenters. The number of guanidine groups is 1. The van der Waals surface area contributed by atoms with Crippen molar-refractivity contribution in [3.63, 3.8) is 0 Å². The molecule has 6 nitrogen and oxygen atoms in total. The van der Waals surface area contributed by atoms with Gasteiger partial charge in [-0.05, 0) is 19.8 Å². The Labute approximate surface area is 97.0 Å². The summed E-state index contributed by atoms with van der Waals surface area (Å²) in [6.07, 6.45) is 2.37. The van der Waals surface area contributed by atoms with Crippen molar-refractivity contribution in [1.29, 1.82) is 0 Å². The summed E-state index contributed by atoms with van der Waals surface area (Å²) < 4.78 is 24.7. The fraction of sp³-hybridized carbons (Fsp3) is 0.889. The minimum atomic E-state index is -3.09. The van der Waals surface area contributed by atoms with Crippen molar-refractivity contribution in [2.24, 2.45) is 4.99 Å². The lowest BCUT2D eigenvalue weighted by molar-refractivity contribution is 0.582. The van der Waals surface area contributed by atoms with Crippen LogP contribution in [0, 0.1) is 0 Å². The number of nitrogens with one attached hydrogen (secondary N) is 3. The highest BCUT2D eigenvalue weighted by atomic mass is 32.2. The van der Waals surface area contributed by atoms with Crippen LogP contribution in [0.25, 0.3) is 0 Å². The molecule has 94 valence electrons. The van der Waals surface area contributed by atoms with Crippen LogP contribution in [0.15, 0.2) is 4.99 Å². The first-order valence-corrected chi connectivity index (χ1v) is 7.17. The molecule has 3 N–H and O–H groups in total. The molecule has 1 aliphatic carbocycles. The van der Waals surface area contributed by atoms with Gasteiger partial charge in [0.05, 0.1) is 5.75 Å². The fourth-order valence-corrected chi connectivity index (χ4v) is 1.72. The molecule has 0 unspecified atom stereocenters. The molecule has 1 fully saturated rings. The predicted octanol–water partition coefficient (Wildman–Crippen LogP) is -0.747. The smallest absolute Gasteiger partial charge is 0.211 e. The van der Waals surface area contributed by atoms with Crippen LogP contribution in [0.5, 0.6) is 0 Å². The molecule has 0 aromatic heterocycles. The molecule has 0 radical (unpaired) electrons. The van der Waals surface area contributed by atoms with Crippen molar-refractivity contribution < 1.29 is 8.42 Å². The number of aliphatic imine (C=N–C) groups is 1. The third-order valence-corrected chi connectivity index (χ3v) is 3.67. The van der Waals surface area contributed by atoms with E-state index >= 15 is 0 Å². The maximum Gasteiger partial charge on any atom is 0.211 e. The van der Waals surface area contributed by atoms with Crippen LogP contribution in [-0.2, 0) is 10.0 Å². The molecule has 16 heavy (non-hydrogen) atoms. The second-order valence-electron chi connectivity index (χ2n) is 3.72.